The summed E-state index contributed by atoms with van der Waals surface area (Å²) in [6.07, 6.45) is 6.11. The maximum atomic E-state index is 14.1. The molecule has 3 aromatic heterocycles. The minimum atomic E-state index is -0.505. The molecular weight excluding hydrogens is 487 g/mol. The molecule has 5 aromatic rings. The fourth-order valence-electron chi connectivity index (χ4n) is 4.88. The zero-order chi connectivity index (χ0) is 26.1. The van der Waals surface area contributed by atoms with E-state index in [-0.39, 0.29) is 11.9 Å². The molecule has 2 aromatic carbocycles. The summed E-state index contributed by atoms with van der Waals surface area (Å²) in [6, 6.07) is 12.4. The molecule has 38 heavy (non-hydrogen) atoms. The van der Waals surface area contributed by atoms with E-state index in [0.717, 1.165) is 47.1 Å². The Balaban J connectivity index is 1.38. The number of amides is 1. The molecule has 10 nitrogen and oxygen atoms in total. The topological polar surface area (TPSA) is 112 Å². The second-order valence-corrected chi connectivity index (χ2v) is 9.40. The Morgan fingerprint density at radius 1 is 1.29 bits per heavy atom. The Morgan fingerprint density at radius 2 is 2.21 bits per heavy atom. The number of hydrogen-bond acceptors (Lipinski definition) is 7. The predicted octanol–water partition coefficient (Wildman–Crippen LogP) is 4.69. The molecule has 0 unspecified atom stereocenters. The molecule has 0 aliphatic carbocycles. The van der Waals surface area contributed by atoms with Crippen LogP contribution in [0.4, 0.5) is 26.4 Å². The van der Waals surface area contributed by atoms with Crippen LogP contribution in [0, 0.1) is 12.7 Å². The number of ether oxygens (including phenoxy) is 1. The van der Waals surface area contributed by atoms with E-state index in [0.29, 0.717) is 30.1 Å². The summed E-state index contributed by atoms with van der Waals surface area (Å²) in [7, 11) is 0. The molecule has 1 saturated heterocycles. The van der Waals surface area contributed by atoms with Gasteiger partial charge in [-0.3, -0.25) is 10.4 Å². The van der Waals surface area contributed by atoms with Crippen LogP contribution in [-0.2, 0) is 11.3 Å². The van der Waals surface area contributed by atoms with E-state index in [9.17, 15) is 9.18 Å². The van der Waals surface area contributed by atoms with Gasteiger partial charge in [-0.1, -0.05) is 12.1 Å². The molecule has 6 rings (SSSR count). The fraction of sp³-hybridized carbons (Fsp3) is 0.259. The van der Waals surface area contributed by atoms with Gasteiger partial charge >= 0.3 is 6.09 Å². The molecule has 1 amide bonds. The molecule has 0 bridgehead atoms. The van der Waals surface area contributed by atoms with E-state index in [2.05, 4.69) is 30.9 Å². The van der Waals surface area contributed by atoms with Crippen molar-refractivity contribution in [1.29, 1.82) is 0 Å². The van der Waals surface area contributed by atoms with Crippen LogP contribution in [0.3, 0.4) is 0 Å². The van der Waals surface area contributed by atoms with Gasteiger partial charge in [-0.25, -0.2) is 18.7 Å². The zero-order valence-corrected chi connectivity index (χ0v) is 20.8. The second kappa shape index (κ2) is 10.1. The van der Waals surface area contributed by atoms with Gasteiger partial charge in [-0.05, 0) is 62.2 Å². The van der Waals surface area contributed by atoms with Crippen molar-refractivity contribution < 1.29 is 13.9 Å². The van der Waals surface area contributed by atoms with Crippen LogP contribution in [0.2, 0.25) is 0 Å². The molecule has 4 heterocycles. The number of benzene rings is 2. The molecule has 0 radical (unpaired) electrons. The largest absolute Gasteiger partial charge is 0.445 e. The van der Waals surface area contributed by atoms with Crippen LogP contribution < -0.4 is 15.5 Å². The maximum Gasteiger partial charge on any atom is 0.412 e. The lowest BCUT2D eigenvalue weighted by Gasteiger charge is -2.25. The van der Waals surface area contributed by atoms with Crippen molar-refractivity contribution >= 4 is 39.7 Å². The van der Waals surface area contributed by atoms with Gasteiger partial charge in [-0.2, -0.15) is 10.2 Å². The summed E-state index contributed by atoms with van der Waals surface area (Å²) in [5.74, 6) is 0.306. The number of nitrogens with zero attached hydrogens (tertiary/aromatic N) is 5. The van der Waals surface area contributed by atoms with Gasteiger partial charge in [-0.15, -0.1) is 0 Å². The molecule has 3 N–H and O–H groups in total. The molecule has 11 heteroatoms. The number of aryl methyl sites for hydroxylation is 1. The lowest BCUT2D eigenvalue weighted by atomic mass is 10.1. The Bertz CT molecular complexity index is 1610. The Morgan fingerprint density at radius 3 is 3.05 bits per heavy atom. The van der Waals surface area contributed by atoms with Crippen LogP contribution in [-0.4, -0.2) is 50.1 Å². The highest BCUT2D eigenvalue weighted by Gasteiger charge is 2.23. The van der Waals surface area contributed by atoms with Gasteiger partial charge in [0, 0.05) is 29.7 Å². The van der Waals surface area contributed by atoms with Crippen molar-refractivity contribution in [2.45, 2.75) is 32.4 Å². The zero-order valence-electron chi connectivity index (χ0n) is 20.8. The summed E-state index contributed by atoms with van der Waals surface area (Å²) in [4.78, 5) is 19.3. The average molecular weight is 515 g/mol. The van der Waals surface area contributed by atoms with Crippen LogP contribution >= 0.6 is 0 Å². The summed E-state index contributed by atoms with van der Waals surface area (Å²) in [6.45, 7) is 3.85. The standard InChI is InChI=1S/C27H27FN8O2/c1-17-24(33-27(37)38-22-6-3-9-29-13-22)15-36-25(17)26(30-16-32-36)35(14-18-4-2-5-20(28)10-18)21-7-8-23-19(11-21)12-31-34-23/h2,4-5,7-8,10-12,15-16,22,29H,3,6,9,13-14H2,1H3,(H,31,34)(H,33,37)/t22-/m0/s1. The summed E-state index contributed by atoms with van der Waals surface area (Å²) < 4.78 is 21.4. The molecule has 194 valence electrons. The van der Waals surface area contributed by atoms with Crippen molar-refractivity contribution in [2.75, 3.05) is 23.3 Å². The number of nitrogens with one attached hydrogen (secondary N) is 3. The van der Waals surface area contributed by atoms with Gasteiger partial charge in [0.2, 0.25) is 0 Å². The molecule has 1 fully saturated rings. The minimum absolute atomic E-state index is 0.156. The first-order valence-corrected chi connectivity index (χ1v) is 12.5. The number of carbonyl (C=O) groups excluding carboxylic acids is 1. The number of fused-ring (bicyclic) bond motifs is 2. The normalized spacial score (nSPS) is 15.6. The van der Waals surface area contributed by atoms with Gasteiger partial charge in [0.1, 0.15) is 23.8 Å². The number of carbonyl (C=O) groups is 1. The first-order valence-electron chi connectivity index (χ1n) is 12.5. The Kier molecular flexibility index (Phi) is 6.34. The second-order valence-electron chi connectivity index (χ2n) is 9.40. The lowest BCUT2D eigenvalue weighted by molar-refractivity contribution is 0.0941. The number of aromatic amines is 1. The third kappa shape index (κ3) is 4.75. The number of piperidine rings is 1. The monoisotopic (exact) mass is 514 g/mol. The quantitative estimate of drug-likeness (QED) is 0.301. The van der Waals surface area contributed by atoms with Crippen LogP contribution in [0.15, 0.2) is 61.2 Å². The number of anilines is 3. The first kappa shape index (κ1) is 23.9. The van der Waals surface area contributed by atoms with Crippen molar-refractivity contribution in [1.82, 2.24) is 30.1 Å². The Labute approximate surface area is 217 Å². The van der Waals surface area contributed by atoms with Crippen molar-refractivity contribution in [2.24, 2.45) is 0 Å². The smallest absolute Gasteiger partial charge is 0.412 e. The van der Waals surface area contributed by atoms with Crippen LogP contribution in [0.5, 0.6) is 0 Å². The van der Waals surface area contributed by atoms with Gasteiger partial charge in [0.25, 0.3) is 0 Å². The van der Waals surface area contributed by atoms with Crippen LogP contribution in [0.25, 0.3) is 16.4 Å². The van der Waals surface area contributed by atoms with Crippen molar-refractivity contribution in [3.05, 3.63) is 78.1 Å². The van der Waals surface area contributed by atoms with Crippen LogP contribution in [0.1, 0.15) is 24.0 Å². The van der Waals surface area contributed by atoms with E-state index >= 15 is 0 Å². The Hall–Kier alpha value is -4.51. The van der Waals surface area contributed by atoms with Gasteiger partial charge in [0.05, 0.1) is 23.6 Å². The highest BCUT2D eigenvalue weighted by molar-refractivity contribution is 5.91. The molecule has 1 aliphatic heterocycles. The molecule has 1 atom stereocenters. The van der Waals surface area contributed by atoms with Gasteiger partial charge in [0.15, 0.2) is 5.82 Å². The summed E-state index contributed by atoms with van der Waals surface area (Å²) in [5, 5.41) is 18.5. The van der Waals surface area contributed by atoms with Crippen molar-refractivity contribution in [3.8, 4) is 0 Å². The van der Waals surface area contributed by atoms with E-state index in [4.69, 9.17) is 4.74 Å². The highest BCUT2D eigenvalue weighted by atomic mass is 19.1. The molecule has 0 spiro atoms. The highest BCUT2D eigenvalue weighted by Crippen LogP contribution is 2.35. The number of aromatic nitrogens is 5. The third-order valence-corrected chi connectivity index (χ3v) is 6.79. The van der Waals surface area contributed by atoms with E-state index in [1.165, 1.54) is 18.5 Å². The van der Waals surface area contributed by atoms with Crippen molar-refractivity contribution in [3.63, 3.8) is 0 Å². The SMILES string of the molecule is Cc1c(NC(=O)O[C@H]2CCCNC2)cn2ncnc(N(Cc3cccc(F)c3)c3ccc4[nH]ncc4c3)c12. The van der Waals surface area contributed by atoms with E-state index < -0.39 is 6.09 Å². The number of halogens is 1. The lowest BCUT2D eigenvalue weighted by Crippen LogP contribution is -2.37. The molecule has 1 aliphatic rings. The molecular formula is C27H27FN8O2. The maximum absolute atomic E-state index is 14.1. The molecule has 0 saturated carbocycles. The van der Waals surface area contributed by atoms with Gasteiger partial charge < -0.3 is 15.0 Å². The average Bonchev–Trinajstić information content (AvgIpc) is 3.51. The summed E-state index contributed by atoms with van der Waals surface area (Å²) >= 11 is 0. The number of rotatable bonds is 6. The minimum Gasteiger partial charge on any atom is -0.445 e. The predicted molar refractivity (Wildman–Crippen MR) is 142 cm³/mol. The summed E-state index contributed by atoms with van der Waals surface area (Å²) in [5.41, 5.74) is 4.61. The number of hydrogen-bond donors (Lipinski definition) is 3. The number of H-pyrrole nitrogens is 1. The van der Waals surface area contributed by atoms with E-state index in [1.54, 1.807) is 23.0 Å². The third-order valence-electron chi connectivity index (χ3n) is 6.79. The first-order chi connectivity index (χ1) is 18.5. The van der Waals surface area contributed by atoms with E-state index in [1.807, 2.05) is 36.1 Å². The fourth-order valence-corrected chi connectivity index (χ4v) is 4.88.